The lowest BCUT2D eigenvalue weighted by Crippen LogP contribution is -2.02. The molecule has 0 aliphatic carbocycles. The number of hydrogen-bond donors (Lipinski definition) is 0. The molecule has 1 atom stereocenters. The SMILES string of the molecule is CC/C=C\C(=C(\c1cccc2ccccc12)[C@H](C)CC)c1cccc(-c2c3ccccc3c(-c3cccc4c(-c5c(C)cc(C)cc5C)cccc34)c3ccccc23)c1. The molecule has 0 nitrogen and oxygen atoms in total. The normalized spacial score (nSPS) is 12.8. The van der Waals surface area contributed by atoms with Gasteiger partial charge in [0.15, 0.2) is 0 Å². The Hall–Kier alpha value is -6.50. The Morgan fingerprint density at radius 1 is 0.492 bits per heavy atom. The fraction of sp³-hybridized carbons (Fsp3) is 0.153. The monoisotopic (exact) mass is 760 g/mol. The second-order valence-electron chi connectivity index (χ2n) is 16.4. The van der Waals surface area contributed by atoms with Crippen LogP contribution in [0.25, 0.3) is 87.6 Å². The van der Waals surface area contributed by atoms with Gasteiger partial charge in [0.05, 0.1) is 0 Å². The molecule has 9 aromatic carbocycles. The summed E-state index contributed by atoms with van der Waals surface area (Å²) in [6.45, 7) is 13.6. The van der Waals surface area contributed by atoms with Crippen LogP contribution in [-0.2, 0) is 0 Å². The molecule has 0 bridgehead atoms. The Morgan fingerprint density at radius 2 is 1.00 bits per heavy atom. The van der Waals surface area contributed by atoms with Crippen LogP contribution in [0.1, 0.15) is 61.4 Å². The van der Waals surface area contributed by atoms with E-state index in [1.807, 2.05) is 0 Å². The van der Waals surface area contributed by atoms with Gasteiger partial charge in [-0.05, 0) is 155 Å². The highest BCUT2D eigenvalue weighted by Crippen LogP contribution is 2.47. The second kappa shape index (κ2) is 16.0. The van der Waals surface area contributed by atoms with Gasteiger partial charge in [-0.1, -0.05) is 196 Å². The molecule has 0 aromatic heterocycles. The van der Waals surface area contributed by atoms with Gasteiger partial charge >= 0.3 is 0 Å². The molecule has 0 saturated carbocycles. The molecule has 9 aromatic rings. The van der Waals surface area contributed by atoms with Crippen molar-refractivity contribution in [2.24, 2.45) is 5.92 Å². The number of benzene rings is 9. The highest BCUT2D eigenvalue weighted by Gasteiger charge is 2.22. The summed E-state index contributed by atoms with van der Waals surface area (Å²) < 4.78 is 0. The molecule has 0 heterocycles. The maximum Gasteiger partial charge on any atom is -0.00201 e. The van der Waals surface area contributed by atoms with Gasteiger partial charge in [0.2, 0.25) is 0 Å². The van der Waals surface area contributed by atoms with Gasteiger partial charge in [-0.2, -0.15) is 0 Å². The van der Waals surface area contributed by atoms with Crippen molar-refractivity contribution in [3.8, 4) is 33.4 Å². The van der Waals surface area contributed by atoms with Crippen LogP contribution in [0.3, 0.4) is 0 Å². The van der Waals surface area contributed by atoms with Crippen LogP contribution in [0, 0.1) is 26.7 Å². The summed E-state index contributed by atoms with van der Waals surface area (Å²) in [4.78, 5) is 0. The third-order valence-electron chi connectivity index (χ3n) is 12.5. The Labute approximate surface area is 350 Å². The summed E-state index contributed by atoms with van der Waals surface area (Å²) in [6, 6.07) is 61.5. The average molecular weight is 761 g/mol. The first kappa shape index (κ1) is 38.0. The van der Waals surface area contributed by atoms with E-state index >= 15 is 0 Å². The Bertz CT molecular complexity index is 3030. The van der Waals surface area contributed by atoms with Crippen LogP contribution in [0.15, 0.2) is 176 Å². The highest BCUT2D eigenvalue weighted by atomic mass is 14.2. The summed E-state index contributed by atoms with van der Waals surface area (Å²) in [6.07, 6.45) is 6.74. The predicted molar refractivity (Wildman–Crippen MR) is 259 cm³/mol. The molecule has 59 heavy (non-hydrogen) atoms. The van der Waals surface area contributed by atoms with Crippen LogP contribution >= 0.6 is 0 Å². The molecule has 0 amide bonds. The number of aryl methyl sites for hydroxylation is 3. The third kappa shape index (κ3) is 6.77. The van der Waals surface area contributed by atoms with Gasteiger partial charge in [0.25, 0.3) is 0 Å². The Kier molecular flexibility index (Phi) is 10.3. The quantitative estimate of drug-likeness (QED) is 0.0781. The van der Waals surface area contributed by atoms with E-state index in [4.69, 9.17) is 0 Å². The highest BCUT2D eigenvalue weighted by molar-refractivity contribution is 6.24. The maximum atomic E-state index is 2.45. The van der Waals surface area contributed by atoms with Crippen LogP contribution in [0.2, 0.25) is 0 Å². The minimum atomic E-state index is 0.363. The molecule has 0 aliphatic heterocycles. The van der Waals surface area contributed by atoms with E-state index in [1.54, 1.807) is 0 Å². The minimum absolute atomic E-state index is 0.363. The average Bonchev–Trinajstić information content (AvgIpc) is 3.26. The molecule has 288 valence electrons. The van der Waals surface area contributed by atoms with Crippen LogP contribution < -0.4 is 0 Å². The maximum absolute atomic E-state index is 2.45. The molecule has 0 spiro atoms. The van der Waals surface area contributed by atoms with Crippen molar-refractivity contribution in [1.82, 2.24) is 0 Å². The van der Waals surface area contributed by atoms with Gasteiger partial charge in [-0.25, -0.2) is 0 Å². The van der Waals surface area contributed by atoms with Crippen molar-refractivity contribution in [1.29, 1.82) is 0 Å². The number of rotatable bonds is 9. The van der Waals surface area contributed by atoms with E-state index in [0.717, 1.165) is 12.8 Å². The molecule has 0 radical (unpaired) electrons. The smallest absolute Gasteiger partial charge is 0.00201 e. The zero-order valence-electron chi connectivity index (χ0n) is 35.2. The van der Waals surface area contributed by atoms with Crippen molar-refractivity contribution in [3.05, 3.63) is 204 Å². The summed E-state index contributed by atoms with van der Waals surface area (Å²) >= 11 is 0. The van der Waals surface area contributed by atoms with E-state index in [1.165, 1.54) is 115 Å². The Balaban J connectivity index is 1.30. The van der Waals surface area contributed by atoms with Crippen molar-refractivity contribution >= 4 is 54.2 Å². The summed E-state index contributed by atoms with van der Waals surface area (Å²) in [5, 5.41) is 10.2. The lowest BCUT2D eigenvalue weighted by Gasteiger charge is -2.22. The van der Waals surface area contributed by atoms with E-state index in [-0.39, 0.29) is 0 Å². The molecule has 0 aliphatic rings. The van der Waals surface area contributed by atoms with E-state index in [2.05, 4.69) is 217 Å². The zero-order valence-corrected chi connectivity index (χ0v) is 35.2. The molecular formula is C59H52. The van der Waals surface area contributed by atoms with Gasteiger partial charge in [0.1, 0.15) is 0 Å². The van der Waals surface area contributed by atoms with Gasteiger partial charge in [-0.15, -0.1) is 0 Å². The largest absolute Gasteiger partial charge is 0.0842 e. The van der Waals surface area contributed by atoms with Gasteiger partial charge in [-0.3, -0.25) is 0 Å². The van der Waals surface area contributed by atoms with E-state index in [0.29, 0.717) is 5.92 Å². The van der Waals surface area contributed by atoms with Crippen molar-refractivity contribution in [2.75, 3.05) is 0 Å². The van der Waals surface area contributed by atoms with Crippen LogP contribution in [-0.4, -0.2) is 0 Å². The molecule has 9 rings (SSSR count). The van der Waals surface area contributed by atoms with Crippen LogP contribution in [0.4, 0.5) is 0 Å². The number of allylic oxidation sites excluding steroid dienone is 4. The molecular weight excluding hydrogens is 709 g/mol. The minimum Gasteiger partial charge on any atom is -0.0842 e. The second-order valence-corrected chi connectivity index (χ2v) is 16.4. The molecule has 0 unspecified atom stereocenters. The lowest BCUT2D eigenvalue weighted by molar-refractivity contribution is 0.719. The third-order valence-corrected chi connectivity index (χ3v) is 12.5. The molecule has 0 fully saturated rings. The van der Waals surface area contributed by atoms with Gasteiger partial charge in [0, 0.05) is 0 Å². The van der Waals surface area contributed by atoms with E-state index < -0.39 is 0 Å². The lowest BCUT2D eigenvalue weighted by atomic mass is 9.81. The first-order valence-corrected chi connectivity index (χ1v) is 21.4. The predicted octanol–water partition coefficient (Wildman–Crippen LogP) is 17.1. The molecule has 0 heteroatoms. The van der Waals surface area contributed by atoms with Crippen molar-refractivity contribution in [2.45, 2.75) is 54.4 Å². The fourth-order valence-corrected chi connectivity index (χ4v) is 9.84. The summed E-state index contributed by atoms with van der Waals surface area (Å²) in [5.74, 6) is 0.363. The molecule has 0 saturated heterocycles. The number of fused-ring (bicyclic) bond motifs is 4. The summed E-state index contributed by atoms with van der Waals surface area (Å²) in [5.41, 5.74) is 16.9. The summed E-state index contributed by atoms with van der Waals surface area (Å²) in [7, 11) is 0. The Morgan fingerprint density at radius 3 is 1.61 bits per heavy atom. The first-order valence-electron chi connectivity index (χ1n) is 21.4. The number of hydrogen-bond acceptors (Lipinski definition) is 0. The van der Waals surface area contributed by atoms with Crippen molar-refractivity contribution in [3.63, 3.8) is 0 Å². The van der Waals surface area contributed by atoms with Crippen LogP contribution in [0.5, 0.6) is 0 Å². The van der Waals surface area contributed by atoms with E-state index in [9.17, 15) is 0 Å². The topological polar surface area (TPSA) is 0 Å². The standard InChI is InChI=1S/C59H52/c1-7-9-24-46(57(39(4)8-2)49-32-17-21-42-20-10-11-25-45(42)49)43-22-16-23-44(37-43)58-52-26-12-14-28-54(52)59(55-29-15-13-27-53(55)58)51-34-19-30-47-48(51)31-18-33-50(47)56-40(5)35-38(3)36-41(56)6/h9-37,39H,7-8H2,1-6H3/b24-9-,57-46-/t39-/m1/s1. The fourth-order valence-electron chi connectivity index (χ4n) is 9.84. The molecule has 0 N–H and O–H groups in total. The first-order chi connectivity index (χ1) is 28.9. The van der Waals surface area contributed by atoms with Gasteiger partial charge < -0.3 is 0 Å². The van der Waals surface area contributed by atoms with Crippen molar-refractivity contribution < 1.29 is 0 Å². The zero-order chi connectivity index (χ0) is 40.6.